The van der Waals surface area contributed by atoms with Crippen LogP contribution in [-0.2, 0) is 14.8 Å². The number of hydrogen-bond acceptors (Lipinski definition) is 6. The second-order valence-corrected chi connectivity index (χ2v) is 6.28. The molecule has 0 fully saturated rings. The maximum atomic E-state index is 12.2. The molecule has 22 heavy (non-hydrogen) atoms. The first-order valence-corrected chi connectivity index (χ1v) is 7.20. The van der Waals surface area contributed by atoms with Gasteiger partial charge in [-0.1, -0.05) is 12.1 Å². The van der Waals surface area contributed by atoms with Crippen molar-refractivity contribution in [3.8, 4) is 0 Å². The van der Waals surface area contributed by atoms with E-state index in [2.05, 4.69) is 0 Å². The van der Waals surface area contributed by atoms with Gasteiger partial charge in [0.2, 0.25) is 10.0 Å². The van der Waals surface area contributed by atoms with E-state index in [4.69, 9.17) is 5.11 Å². The number of likely N-dealkylation sites (N-methyl/N-ethyl adjacent to an activating group) is 1. The zero-order valence-electron chi connectivity index (χ0n) is 11.0. The van der Waals surface area contributed by atoms with E-state index < -0.39 is 50.6 Å². The number of aliphatic hydroxyl groups excluding tert-OH is 1. The Kier molecular flexibility index (Phi) is 7.72. The van der Waals surface area contributed by atoms with Crippen LogP contribution in [0.25, 0.3) is 0 Å². The predicted molar refractivity (Wildman–Crippen MR) is 78.3 cm³/mol. The summed E-state index contributed by atoms with van der Waals surface area (Å²) < 4.78 is 25.2. The van der Waals surface area contributed by atoms with E-state index >= 15 is 0 Å². The van der Waals surface area contributed by atoms with Gasteiger partial charge >= 0.3 is 24.8 Å². The number of para-hydroxylation sites is 1. The molecule has 1 aromatic carbocycles. The summed E-state index contributed by atoms with van der Waals surface area (Å²) in [6.07, 6.45) is -2.04. The van der Waals surface area contributed by atoms with E-state index in [1.165, 1.54) is 12.1 Å². The second-order valence-electron chi connectivity index (χ2n) is 4.26. The molecule has 118 valence electrons. The Morgan fingerprint density at radius 3 is 2.45 bits per heavy atom. The third kappa shape index (κ3) is 5.08. The standard InChI is InChI=1S/C11H14N2O7S.Li.H/c1-12(7-8(14)6-11(15)16)21(19,20)10-5-3-2-4-9(10)13(17)18;;/h2-5,8,14H,6-7H2,1H3,(H,15,16);;. The van der Waals surface area contributed by atoms with Crippen molar-refractivity contribution in [2.75, 3.05) is 13.6 Å². The first-order valence-electron chi connectivity index (χ1n) is 5.76. The van der Waals surface area contributed by atoms with Crippen LogP contribution in [0.2, 0.25) is 0 Å². The van der Waals surface area contributed by atoms with Crippen LogP contribution in [0.4, 0.5) is 5.69 Å². The molecule has 0 radical (unpaired) electrons. The number of rotatable bonds is 7. The number of hydrogen-bond donors (Lipinski definition) is 2. The molecular weight excluding hydrogens is 311 g/mol. The van der Waals surface area contributed by atoms with Crippen LogP contribution in [0.5, 0.6) is 0 Å². The Hall–Kier alpha value is -1.44. The Labute approximate surface area is 138 Å². The molecule has 2 N–H and O–H groups in total. The van der Waals surface area contributed by atoms with Gasteiger partial charge in [-0.2, -0.15) is 4.31 Å². The van der Waals surface area contributed by atoms with Crippen molar-refractivity contribution in [2.45, 2.75) is 17.4 Å². The molecule has 0 heterocycles. The van der Waals surface area contributed by atoms with Crippen molar-refractivity contribution in [3.63, 3.8) is 0 Å². The molecule has 0 spiro atoms. The molecule has 1 unspecified atom stereocenters. The summed E-state index contributed by atoms with van der Waals surface area (Å²) in [4.78, 5) is 20.0. The molecule has 0 saturated heterocycles. The number of carboxylic acids is 1. The van der Waals surface area contributed by atoms with Crippen molar-refractivity contribution < 1.29 is 28.3 Å². The summed E-state index contributed by atoms with van der Waals surface area (Å²) in [5.41, 5.74) is -0.586. The number of carbonyl (C=O) groups is 1. The van der Waals surface area contributed by atoms with Crippen LogP contribution in [0, 0.1) is 10.1 Å². The predicted octanol–water partition coefficient (Wildman–Crippen LogP) is -0.598. The van der Waals surface area contributed by atoms with Gasteiger partial charge in [-0.05, 0) is 6.07 Å². The zero-order chi connectivity index (χ0) is 16.2. The minimum absolute atomic E-state index is 0. The van der Waals surface area contributed by atoms with Gasteiger partial charge in [0.15, 0.2) is 4.90 Å². The molecule has 0 aliphatic rings. The summed E-state index contributed by atoms with van der Waals surface area (Å²) in [7, 11) is -3.10. The fraction of sp³-hybridized carbons (Fsp3) is 0.364. The van der Waals surface area contributed by atoms with Crippen molar-refractivity contribution in [2.24, 2.45) is 0 Å². The summed E-state index contributed by atoms with van der Waals surface area (Å²) in [6, 6.07) is 4.79. The third-order valence-corrected chi connectivity index (χ3v) is 4.50. The molecule has 0 aliphatic carbocycles. The van der Waals surface area contributed by atoms with Crippen molar-refractivity contribution in [3.05, 3.63) is 34.4 Å². The van der Waals surface area contributed by atoms with Crippen LogP contribution in [-0.4, -0.2) is 72.4 Å². The van der Waals surface area contributed by atoms with Crippen LogP contribution in [0.1, 0.15) is 6.42 Å². The monoisotopic (exact) mass is 326 g/mol. The fourth-order valence-corrected chi connectivity index (χ4v) is 3.02. The summed E-state index contributed by atoms with van der Waals surface area (Å²) in [5, 5.41) is 28.8. The number of sulfonamides is 1. The first kappa shape index (κ1) is 20.6. The Morgan fingerprint density at radius 1 is 1.41 bits per heavy atom. The third-order valence-electron chi connectivity index (χ3n) is 2.63. The van der Waals surface area contributed by atoms with Gasteiger partial charge in [-0.15, -0.1) is 0 Å². The average Bonchev–Trinajstić information content (AvgIpc) is 2.37. The quantitative estimate of drug-likeness (QED) is 0.387. The SMILES string of the molecule is CN(CC(O)CC(=O)O)S(=O)(=O)c1ccccc1[N+](=O)[O-].[LiH]. The van der Waals surface area contributed by atoms with E-state index in [-0.39, 0.29) is 18.9 Å². The van der Waals surface area contributed by atoms with E-state index in [1.807, 2.05) is 0 Å². The molecule has 1 rings (SSSR count). The number of nitrogens with zero attached hydrogens (tertiary/aromatic N) is 2. The van der Waals surface area contributed by atoms with Gasteiger partial charge < -0.3 is 10.2 Å². The molecule has 0 bridgehead atoms. The number of benzene rings is 1. The van der Waals surface area contributed by atoms with E-state index in [0.717, 1.165) is 19.2 Å². The Morgan fingerprint density at radius 2 is 1.95 bits per heavy atom. The summed E-state index contributed by atoms with van der Waals surface area (Å²) in [5.74, 6) is -1.28. The molecule has 1 atom stereocenters. The molecule has 0 saturated carbocycles. The number of nitro groups is 1. The molecule has 1 aromatic rings. The molecule has 0 aromatic heterocycles. The van der Waals surface area contributed by atoms with Crippen LogP contribution in [0.3, 0.4) is 0 Å². The first-order chi connectivity index (χ1) is 9.66. The van der Waals surface area contributed by atoms with Crippen LogP contribution >= 0.6 is 0 Å². The molecule has 0 aliphatic heterocycles. The van der Waals surface area contributed by atoms with Crippen molar-refractivity contribution in [1.29, 1.82) is 0 Å². The van der Waals surface area contributed by atoms with Gasteiger partial charge in [-0.3, -0.25) is 14.9 Å². The summed E-state index contributed by atoms with van der Waals surface area (Å²) >= 11 is 0. The molecule has 11 heteroatoms. The molecule has 9 nitrogen and oxygen atoms in total. The minimum atomic E-state index is -4.21. The van der Waals surface area contributed by atoms with Gasteiger partial charge in [0, 0.05) is 19.7 Å². The topological polar surface area (TPSA) is 138 Å². The van der Waals surface area contributed by atoms with E-state index in [1.54, 1.807) is 0 Å². The maximum absolute atomic E-state index is 12.2. The number of aliphatic hydroxyl groups is 1. The normalized spacial score (nSPS) is 12.5. The van der Waals surface area contributed by atoms with Crippen molar-refractivity contribution in [1.82, 2.24) is 4.31 Å². The van der Waals surface area contributed by atoms with Gasteiger partial charge in [0.25, 0.3) is 5.69 Å². The van der Waals surface area contributed by atoms with Gasteiger partial charge in [0.05, 0.1) is 17.4 Å². The Bertz CT molecular complexity index is 650. The number of aliphatic carboxylic acids is 1. The van der Waals surface area contributed by atoms with Crippen LogP contribution < -0.4 is 0 Å². The van der Waals surface area contributed by atoms with Crippen LogP contribution in [0.15, 0.2) is 29.2 Å². The fourth-order valence-electron chi connectivity index (χ4n) is 1.66. The average molecular weight is 326 g/mol. The second kappa shape index (κ2) is 8.26. The van der Waals surface area contributed by atoms with Crippen molar-refractivity contribution >= 4 is 40.5 Å². The number of carboxylic acid groups (broad SMARTS) is 1. The number of nitro benzene ring substituents is 1. The summed E-state index contributed by atoms with van der Waals surface area (Å²) in [6.45, 7) is -0.485. The van der Waals surface area contributed by atoms with E-state index in [0.29, 0.717) is 4.31 Å². The van der Waals surface area contributed by atoms with E-state index in [9.17, 15) is 28.4 Å². The van der Waals surface area contributed by atoms with Gasteiger partial charge in [0.1, 0.15) is 0 Å². The zero-order valence-corrected chi connectivity index (χ0v) is 11.9. The molecule has 0 amide bonds. The van der Waals surface area contributed by atoms with Gasteiger partial charge in [-0.25, -0.2) is 8.42 Å². The molecular formula is C11H15LiN2O7S. The Balaban J connectivity index is 0.00000441.